The van der Waals surface area contributed by atoms with Gasteiger partial charge in [-0.2, -0.15) is 5.26 Å². The van der Waals surface area contributed by atoms with E-state index in [1.54, 1.807) is 12.1 Å². The molecule has 0 spiro atoms. The van der Waals surface area contributed by atoms with E-state index in [2.05, 4.69) is 4.99 Å². The van der Waals surface area contributed by atoms with Gasteiger partial charge in [0.05, 0.1) is 43.4 Å². The third kappa shape index (κ3) is 3.14. The highest BCUT2D eigenvalue weighted by atomic mass is 16.6. The van der Waals surface area contributed by atoms with Crippen LogP contribution in [0.2, 0.25) is 0 Å². The highest BCUT2D eigenvalue weighted by Gasteiger charge is 2.36. The molecule has 0 amide bonds. The van der Waals surface area contributed by atoms with E-state index in [1.165, 1.54) is 30.3 Å². The number of rotatable bonds is 4. The lowest BCUT2D eigenvalue weighted by atomic mass is 10.0. The van der Waals surface area contributed by atoms with Crippen LogP contribution in [0.5, 0.6) is 0 Å². The minimum atomic E-state index is -0.764. The first-order chi connectivity index (χ1) is 14.8. The fourth-order valence-electron chi connectivity index (χ4n) is 3.44. The van der Waals surface area contributed by atoms with Crippen molar-refractivity contribution in [2.45, 2.75) is 0 Å². The van der Waals surface area contributed by atoms with Crippen molar-refractivity contribution in [2.24, 2.45) is 4.99 Å². The van der Waals surface area contributed by atoms with Crippen LogP contribution in [0.25, 0.3) is 11.1 Å². The van der Waals surface area contributed by atoms with Crippen molar-refractivity contribution in [2.75, 3.05) is 0 Å². The van der Waals surface area contributed by atoms with E-state index in [9.17, 15) is 35.6 Å². The van der Waals surface area contributed by atoms with Crippen LogP contribution in [-0.2, 0) is 0 Å². The molecule has 0 unspecified atom stereocenters. The van der Waals surface area contributed by atoms with E-state index < -0.39 is 26.1 Å². The third-order valence-corrected chi connectivity index (χ3v) is 4.76. The van der Waals surface area contributed by atoms with Gasteiger partial charge in [-0.1, -0.05) is 12.1 Å². The Kier molecular flexibility index (Phi) is 4.44. The second kappa shape index (κ2) is 7.12. The minimum Gasteiger partial charge on any atom is -0.258 e. The number of nitro benzene ring substituents is 3. The molecule has 1 aliphatic carbocycles. The summed E-state index contributed by atoms with van der Waals surface area (Å²) in [6.07, 6.45) is 0. The van der Waals surface area contributed by atoms with Crippen LogP contribution in [0.15, 0.2) is 59.6 Å². The summed E-state index contributed by atoms with van der Waals surface area (Å²) in [5.41, 5.74) is -0.149. The molecule has 0 N–H and O–H groups in total. The summed E-state index contributed by atoms with van der Waals surface area (Å²) in [4.78, 5) is 36.6. The predicted octanol–water partition coefficient (Wildman–Crippen LogP) is 4.43. The molecule has 0 saturated carbocycles. The van der Waals surface area contributed by atoms with Gasteiger partial charge in [0, 0.05) is 29.3 Å². The van der Waals surface area contributed by atoms with Crippen molar-refractivity contribution >= 4 is 28.5 Å². The van der Waals surface area contributed by atoms with E-state index in [4.69, 9.17) is 0 Å². The topological polar surface area (TPSA) is 166 Å². The molecule has 0 radical (unpaired) electrons. The number of non-ortho nitro benzene ring substituents is 2. The highest BCUT2D eigenvalue weighted by molar-refractivity contribution is 6.27. The summed E-state index contributed by atoms with van der Waals surface area (Å²) in [5, 5.41) is 43.7. The molecular formula is C20H9N5O6. The van der Waals surface area contributed by atoms with E-state index in [0.717, 1.165) is 12.1 Å². The summed E-state index contributed by atoms with van der Waals surface area (Å²) >= 11 is 0. The fraction of sp³-hybridized carbons (Fsp3) is 0. The zero-order chi connectivity index (χ0) is 22.3. The van der Waals surface area contributed by atoms with E-state index in [0.29, 0.717) is 0 Å². The molecule has 0 aliphatic heterocycles. The van der Waals surface area contributed by atoms with Crippen molar-refractivity contribution in [3.8, 4) is 17.2 Å². The summed E-state index contributed by atoms with van der Waals surface area (Å²) < 4.78 is 0. The maximum Gasteiger partial charge on any atom is 0.284 e. The number of hydrogen-bond acceptors (Lipinski definition) is 8. The normalized spacial score (nSPS) is 12.7. The first-order valence-electron chi connectivity index (χ1n) is 8.66. The van der Waals surface area contributed by atoms with Crippen molar-refractivity contribution in [3.63, 3.8) is 0 Å². The lowest BCUT2D eigenvalue weighted by molar-refractivity contribution is -0.393. The van der Waals surface area contributed by atoms with Crippen molar-refractivity contribution in [3.05, 3.63) is 102 Å². The molecule has 11 heteroatoms. The van der Waals surface area contributed by atoms with Gasteiger partial charge in [-0.25, -0.2) is 4.99 Å². The van der Waals surface area contributed by atoms with Crippen molar-refractivity contribution in [1.82, 2.24) is 0 Å². The van der Waals surface area contributed by atoms with E-state index in [-0.39, 0.29) is 44.9 Å². The fourth-order valence-corrected chi connectivity index (χ4v) is 3.44. The average molecular weight is 415 g/mol. The summed E-state index contributed by atoms with van der Waals surface area (Å²) in [5.74, 6) is 0. The Hall–Kier alpha value is -4.98. The number of nitriles is 1. The second-order valence-corrected chi connectivity index (χ2v) is 6.48. The van der Waals surface area contributed by atoms with Gasteiger partial charge < -0.3 is 0 Å². The van der Waals surface area contributed by atoms with Gasteiger partial charge in [0.25, 0.3) is 17.1 Å². The number of benzene rings is 3. The van der Waals surface area contributed by atoms with Gasteiger partial charge in [0.15, 0.2) is 0 Å². The van der Waals surface area contributed by atoms with Gasteiger partial charge in [-0.15, -0.1) is 0 Å². The minimum absolute atomic E-state index is 0.0724. The monoisotopic (exact) mass is 415 g/mol. The number of hydrogen-bond donors (Lipinski definition) is 0. The Morgan fingerprint density at radius 1 is 0.774 bits per heavy atom. The molecule has 3 aromatic rings. The van der Waals surface area contributed by atoms with Crippen LogP contribution < -0.4 is 0 Å². The Morgan fingerprint density at radius 3 is 2.10 bits per heavy atom. The molecule has 4 rings (SSSR count). The molecule has 11 nitrogen and oxygen atoms in total. The predicted molar refractivity (Wildman–Crippen MR) is 108 cm³/mol. The zero-order valence-electron chi connectivity index (χ0n) is 15.4. The van der Waals surface area contributed by atoms with Crippen molar-refractivity contribution in [1.29, 1.82) is 5.26 Å². The smallest absolute Gasteiger partial charge is 0.258 e. The van der Waals surface area contributed by atoms with Gasteiger partial charge in [0.1, 0.15) is 6.07 Å². The largest absolute Gasteiger partial charge is 0.284 e. The maximum absolute atomic E-state index is 11.7. The average Bonchev–Trinajstić information content (AvgIpc) is 3.06. The summed E-state index contributed by atoms with van der Waals surface area (Å²) in [6.45, 7) is 0. The van der Waals surface area contributed by atoms with Crippen molar-refractivity contribution < 1.29 is 14.8 Å². The van der Waals surface area contributed by atoms with Gasteiger partial charge in [0.2, 0.25) is 0 Å². The van der Waals surface area contributed by atoms with Crippen LogP contribution in [0.3, 0.4) is 0 Å². The molecule has 0 fully saturated rings. The number of nitro groups is 3. The molecule has 0 heterocycles. The first-order valence-corrected chi connectivity index (χ1v) is 8.66. The molecule has 3 aromatic carbocycles. The summed E-state index contributed by atoms with van der Waals surface area (Å²) in [6, 6.07) is 14.0. The molecule has 0 atom stereocenters. The Morgan fingerprint density at radius 2 is 1.45 bits per heavy atom. The number of para-hydroxylation sites is 1. The van der Waals surface area contributed by atoms with Crippen LogP contribution in [0, 0.1) is 41.7 Å². The molecule has 0 aromatic heterocycles. The first kappa shape index (κ1) is 19.3. The van der Waals surface area contributed by atoms with Gasteiger partial charge in [-0.05, 0) is 23.8 Å². The highest BCUT2D eigenvalue weighted by Crippen LogP contribution is 2.46. The van der Waals surface area contributed by atoms with Crippen LogP contribution in [0.4, 0.5) is 22.7 Å². The Bertz CT molecular complexity index is 1390. The molecule has 31 heavy (non-hydrogen) atoms. The lowest BCUT2D eigenvalue weighted by Gasteiger charge is -2.04. The zero-order valence-corrected chi connectivity index (χ0v) is 15.4. The second-order valence-electron chi connectivity index (χ2n) is 6.48. The molecule has 1 aliphatic rings. The SMILES string of the molecule is N#Cc1ccccc1N=C1c2cc([N+](=O)[O-])ccc2-c2c1cc([N+](=O)[O-])cc2[N+](=O)[O-]. The standard InChI is InChI=1S/C20H9N5O6/c21-10-11-3-1-2-4-17(11)22-20-15-7-12(23(26)27)5-6-14(15)19-16(20)8-13(24(28)29)9-18(19)25(30)31/h1-9H. The Balaban J connectivity index is 2.12. The number of nitrogens with zero attached hydrogens (tertiary/aromatic N) is 5. The molecule has 0 saturated heterocycles. The van der Waals surface area contributed by atoms with Gasteiger partial charge >= 0.3 is 0 Å². The molecule has 0 bridgehead atoms. The quantitative estimate of drug-likeness (QED) is 0.351. The number of fused-ring (bicyclic) bond motifs is 3. The van der Waals surface area contributed by atoms with Crippen LogP contribution >= 0.6 is 0 Å². The Labute approximate surface area is 173 Å². The number of aliphatic imine (C=N–C) groups is 1. The molecular weight excluding hydrogens is 406 g/mol. The summed E-state index contributed by atoms with van der Waals surface area (Å²) in [7, 11) is 0. The van der Waals surface area contributed by atoms with E-state index in [1.807, 2.05) is 6.07 Å². The lowest BCUT2D eigenvalue weighted by Crippen LogP contribution is -2.02. The van der Waals surface area contributed by atoms with Crippen LogP contribution in [-0.4, -0.2) is 20.5 Å². The van der Waals surface area contributed by atoms with Crippen LogP contribution in [0.1, 0.15) is 16.7 Å². The third-order valence-electron chi connectivity index (χ3n) is 4.76. The maximum atomic E-state index is 11.7. The van der Waals surface area contributed by atoms with E-state index >= 15 is 0 Å². The molecule has 150 valence electrons. The van der Waals surface area contributed by atoms with Gasteiger partial charge in [-0.3, -0.25) is 30.3 Å².